The van der Waals surface area contributed by atoms with Gasteiger partial charge in [0.15, 0.2) is 9.84 Å². The standard InChI is InChI=1S/C12H15FN2O4S/c13-8-3-4-9(10(11(8)14)12(16)17)15-7-2-1-5-20(18,19)6-7/h3-4,7,15H,1-2,5-6,14H2,(H,16,17). The van der Waals surface area contributed by atoms with E-state index in [0.717, 1.165) is 6.07 Å². The third-order valence-corrected chi connectivity index (χ3v) is 5.05. The minimum Gasteiger partial charge on any atom is -0.478 e. The Morgan fingerprint density at radius 2 is 2.15 bits per heavy atom. The zero-order valence-electron chi connectivity index (χ0n) is 10.6. The molecule has 1 aliphatic heterocycles. The molecule has 0 bridgehead atoms. The van der Waals surface area contributed by atoms with E-state index in [4.69, 9.17) is 10.8 Å². The molecule has 0 aromatic heterocycles. The van der Waals surface area contributed by atoms with E-state index in [1.54, 1.807) is 0 Å². The molecule has 0 aliphatic carbocycles. The van der Waals surface area contributed by atoms with Gasteiger partial charge in [-0.2, -0.15) is 0 Å². The van der Waals surface area contributed by atoms with E-state index in [-0.39, 0.29) is 22.8 Å². The molecule has 0 radical (unpaired) electrons. The zero-order chi connectivity index (χ0) is 14.9. The number of hydrogen-bond acceptors (Lipinski definition) is 5. The van der Waals surface area contributed by atoms with Crippen molar-refractivity contribution >= 4 is 27.2 Å². The Hall–Kier alpha value is -1.83. The van der Waals surface area contributed by atoms with Crippen molar-refractivity contribution in [2.45, 2.75) is 18.9 Å². The van der Waals surface area contributed by atoms with Crippen LogP contribution < -0.4 is 11.1 Å². The van der Waals surface area contributed by atoms with E-state index in [9.17, 15) is 17.6 Å². The van der Waals surface area contributed by atoms with Crippen LogP contribution in [0, 0.1) is 5.82 Å². The first-order valence-corrected chi connectivity index (χ1v) is 7.90. The van der Waals surface area contributed by atoms with Crippen LogP contribution in [0.3, 0.4) is 0 Å². The quantitative estimate of drug-likeness (QED) is 0.721. The van der Waals surface area contributed by atoms with E-state index in [1.165, 1.54) is 6.07 Å². The smallest absolute Gasteiger partial charge is 0.340 e. The Kier molecular flexibility index (Phi) is 3.85. The first kappa shape index (κ1) is 14.6. The highest BCUT2D eigenvalue weighted by atomic mass is 32.2. The molecule has 8 heteroatoms. The second-order valence-corrected chi connectivity index (χ2v) is 7.02. The summed E-state index contributed by atoms with van der Waals surface area (Å²) in [4.78, 5) is 11.2. The predicted octanol–water partition coefficient (Wildman–Crippen LogP) is 1.10. The summed E-state index contributed by atoms with van der Waals surface area (Å²) in [5.41, 5.74) is 4.74. The van der Waals surface area contributed by atoms with Crippen LogP contribution in [0.5, 0.6) is 0 Å². The van der Waals surface area contributed by atoms with Gasteiger partial charge >= 0.3 is 5.97 Å². The Morgan fingerprint density at radius 1 is 1.45 bits per heavy atom. The van der Waals surface area contributed by atoms with Crippen LogP contribution in [0.4, 0.5) is 15.8 Å². The van der Waals surface area contributed by atoms with Crippen molar-refractivity contribution < 1.29 is 22.7 Å². The molecular formula is C12H15FN2O4S. The minimum atomic E-state index is -3.12. The molecule has 1 saturated heterocycles. The lowest BCUT2D eigenvalue weighted by molar-refractivity contribution is 0.0698. The largest absolute Gasteiger partial charge is 0.478 e. The molecule has 0 spiro atoms. The number of hydrogen-bond donors (Lipinski definition) is 3. The molecule has 4 N–H and O–H groups in total. The van der Waals surface area contributed by atoms with E-state index in [2.05, 4.69) is 5.32 Å². The minimum absolute atomic E-state index is 0.0661. The van der Waals surface area contributed by atoms with Gasteiger partial charge in [-0.25, -0.2) is 17.6 Å². The lowest BCUT2D eigenvalue weighted by Gasteiger charge is -2.25. The van der Waals surface area contributed by atoms with Crippen molar-refractivity contribution in [3.8, 4) is 0 Å². The van der Waals surface area contributed by atoms with Gasteiger partial charge in [0.1, 0.15) is 11.4 Å². The fourth-order valence-electron chi connectivity index (χ4n) is 2.30. The summed E-state index contributed by atoms with van der Waals surface area (Å²) in [5.74, 6) is -2.10. The molecule has 1 aromatic carbocycles. The molecule has 0 saturated carbocycles. The molecule has 2 rings (SSSR count). The second-order valence-electron chi connectivity index (χ2n) is 4.79. The normalized spacial score (nSPS) is 21.4. The van der Waals surface area contributed by atoms with Crippen LogP contribution in [0.15, 0.2) is 12.1 Å². The average molecular weight is 302 g/mol. The fraction of sp³-hybridized carbons (Fsp3) is 0.417. The molecule has 20 heavy (non-hydrogen) atoms. The molecule has 110 valence electrons. The number of aromatic carboxylic acids is 1. The van der Waals surface area contributed by atoms with Gasteiger partial charge in [0, 0.05) is 6.04 Å². The van der Waals surface area contributed by atoms with Gasteiger partial charge in [0.25, 0.3) is 0 Å². The van der Waals surface area contributed by atoms with Gasteiger partial charge in [0.2, 0.25) is 0 Å². The second kappa shape index (κ2) is 5.28. The van der Waals surface area contributed by atoms with Gasteiger partial charge < -0.3 is 16.2 Å². The molecule has 1 unspecified atom stereocenters. The number of halogens is 1. The Bertz CT molecular complexity index is 645. The summed E-state index contributed by atoms with van der Waals surface area (Å²) >= 11 is 0. The van der Waals surface area contributed by atoms with Crippen molar-refractivity contribution in [1.82, 2.24) is 0 Å². The number of carboxylic acids is 1. The SMILES string of the molecule is Nc1c(F)ccc(NC2CCCS(=O)(=O)C2)c1C(=O)O. The van der Waals surface area contributed by atoms with E-state index < -0.39 is 33.4 Å². The van der Waals surface area contributed by atoms with Crippen molar-refractivity contribution in [2.75, 3.05) is 22.6 Å². The fourth-order valence-corrected chi connectivity index (χ4v) is 3.94. The number of carboxylic acid groups (broad SMARTS) is 1. The first-order chi connectivity index (χ1) is 9.30. The third-order valence-electron chi connectivity index (χ3n) is 3.23. The maximum atomic E-state index is 13.3. The summed E-state index contributed by atoms with van der Waals surface area (Å²) in [6.07, 6.45) is 1.12. The maximum absolute atomic E-state index is 13.3. The van der Waals surface area contributed by atoms with Gasteiger partial charge in [-0.05, 0) is 25.0 Å². The van der Waals surface area contributed by atoms with Crippen molar-refractivity contribution in [1.29, 1.82) is 0 Å². The van der Waals surface area contributed by atoms with Crippen LogP contribution in [0.25, 0.3) is 0 Å². The van der Waals surface area contributed by atoms with E-state index in [0.29, 0.717) is 12.8 Å². The molecule has 0 amide bonds. The number of sulfone groups is 1. The monoisotopic (exact) mass is 302 g/mol. The summed E-state index contributed by atoms with van der Waals surface area (Å²) in [5, 5.41) is 11.9. The number of anilines is 2. The van der Waals surface area contributed by atoms with E-state index in [1.807, 2.05) is 0 Å². The lowest BCUT2D eigenvalue weighted by Crippen LogP contribution is -2.35. The number of carbonyl (C=O) groups is 1. The molecule has 1 aliphatic rings. The molecule has 1 fully saturated rings. The Morgan fingerprint density at radius 3 is 2.75 bits per heavy atom. The van der Waals surface area contributed by atoms with Crippen molar-refractivity contribution in [3.05, 3.63) is 23.5 Å². The van der Waals surface area contributed by atoms with Crippen LogP contribution in [0.1, 0.15) is 23.2 Å². The van der Waals surface area contributed by atoms with Crippen LogP contribution in [-0.2, 0) is 9.84 Å². The Labute approximate surface area is 115 Å². The van der Waals surface area contributed by atoms with E-state index >= 15 is 0 Å². The Balaban J connectivity index is 2.30. The number of nitrogen functional groups attached to an aromatic ring is 1. The van der Waals surface area contributed by atoms with Crippen molar-refractivity contribution in [3.63, 3.8) is 0 Å². The van der Waals surface area contributed by atoms with Crippen LogP contribution in [-0.4, -0.2) is 37.0 Å². The van der Waals surface area contributed by atoms with Crippen LogP contribution >= 0.6 is 0 Å². The number of nitrogens with two attached hydrogens (primary N) is 1. The molecule has 1 aromatic rings. The number of benzene rings is 1. The molecular weight excluding hydrogens is 287 g/mol. The highest BCUT2D eigenvalue weighted by molar-refractivity contribution is 7.91. The predicted molar refractivity (Wildman–Crippen MR) is 73.1 cm³/mol. The number of nitrogens with one attached hydrogen (secondary N) is 1. The summed E-state index contributed by atoms with van der Waals surface area (Å²) < 4.78 is 36.4. The average Bonchev–Trinajstić information content (AvgIpc) is 2.32. The van der Waals surface area contributed by atoms with Gasteiger partial charge in [-0.1, -0.05) is 0 Å². The van der Waals surface area contributed by atoms with Crippen molar-refractivity contribution in [2.24, 2.45) is 0 Å². The third kappa shape index (κ3) is 3.01. The van der Waals surface area contributed by atoms with Gasteiger partial charge in [0.05, 0.1) is 22.9 Å². The molecule has 6 nitrogen and oxygen atoms in total. The zero-order valence-corrected chi connectivity index (χ0v) is 11.4. The molecule has 1 heterocycles. The summed E-state index contributed by atoms with van der Waals surface area (Å²) in [6, 6.07) is 1.93. The van der Waals surface area contributed by atoms with Gasteiger partial charge in [-0.3, -0.25) is 0 Å². The highest BCUT2D eigenvalue weighted by Gasteiger charge is 2.26. The lowest BCUT2D eigenvalue weighted by atomic mass is 10.1. The van der Waals surface area contributed by atoms with Crippen LogP contribution in [0.2, 0.25) is 0 Å². The maximum Gasteiger partial charge on any atom is 0.340 e. The first-order valence-electron chi connectivity index (χ1n) is 6.08. The highest BCUT2D eigenvalue weighted by Crippen LogP contribution is 2.27. The molecule has 1 atom stereocenters. The number of rotatable bonds is 3. The summed E-state index contributed by atoms with van der Waals surface area (Å²) in [6.45, 7) is 0. The van der Waals surface area contributed by atoms with Gasteiger partial charge in [-0.15, -0.1) is 0 Å². The topological polar surface area (TPSA) is 109 Å². The summed E-state index contributed by atoms with van der Waals surface area (Å²) in [7, 11) is -3.12.